The van der Waals surface area contributed by atoms with E-state index in [-0.39, 0.29) is 5.56 Å². The van der Waals surface area contributed by atoms with Gasteiger partial charge in [-0.1, -0.05) is 0 Å². The minimum Gasteiger partial charge on any atom is -0.317 e. The minimum atomic E-state index is 0.180. The van der Waals surface area contributed by atoms with E-state index < -0.39 is 0 Å². The van der Waals surface area contributed by atoms with Crippen molar-refractivity contribution in [2.45, 2.75) is 18.9 Å². The summed E-state index contributed by atoms with van der Waals surface area (Å²) in [5.41, 5.74) is 0.180. The highest BCUT2D eigenvalue weighted by molar-refractivity contribution is 7.17. The smallest absolute Gasteiger partial charge is 0.268 e. The summed E-state index contributed by atoms with van der Waals surface area (Å²) < 4.78 is 2.81. The van der Waals surface area contributed by atoms with Gasteiger partial charge in [0, 0.05) is 12.2 Å². The number of nitrogens with zero attached hydrogens (tertiary/aromatic N) is 1. The number of fused-ring (bicyclic) bond motifs is 1. The Kier molecular flexibility index (Phi) is 2.53. The largest absolute Gasteiger partial charge is 0.317 e. The molecule has 0 saturated carbocycles. The lowest BCUT2D eigenvalue weighted by atomic mass is 10.1. The Labute approximate surface area is 97.7 Å². The monoisotopic (exact) mass is 234 g/mol. The van der Waals surface area contributed by atoms with E-state index in [4.69, 9.17) is 0 Å². The molecule has 0 radical (unpaired) electrons. The molecule has 4 heteroatoms. The van der Waals surface area contributed by atoms with Gasteiger partial charge in [0.05, 0.1) is 4.70 Å². The van der Waals surface area contributed by atoms with Crippen molar-refractivity contribution in [2.24, 2.45) is 0 Å². The summed E-state index contributed by atoms with van der Waals surface area (Å²) in [7, 11) is 0. The molecule has 1 aliphatic rings. The van der Waals surface area contributed by atoms with Crippen LogP contribution in [0.15, 0.2) is 28.5 Å². The summed E-state index contributed by atoms with van der Waals surface area (Å²) in [6.45, 7) is 2.03. The SMILES string of the molecule is O=c1c2sccc2ccn1C1CCNCC1. The van der Waals surface area contributed by atoms with Gasteiger partial charge in [-0.2, -0.15) is 0 Å². The molecule has 1 aliphatic heterocycles. The standard InChI is InChI=1S/C12H14N2OS/c15-12-11-9(4-8-16-11)3-7-14(12)10-1-5-13-6-2-10/h3-4,7-8,10,13H,1-2,5-6H2. The number of hydrogen-bond donors (Lipinski definition) is 1. The van der Waals surface area contributed by atoms with Crippen molar-refractivity contribution in [2.75, 3.05) is 13.1 Å². The fourth-order valence-electron chi connectivity index (χ4n) is 2.34. The van der Waals surface area contributed by atoms with Crippen LogP contribution in [0, 0.1) is 0 Å². The number of hydrogen-bond acceptors (Lipinski definition) is 3. The fourth-order valence-corrected chi connectivity index (χ4v) is 3.17. The summed E-state index contributed by atoms with van der Waals surface area (Å²) in [6.07, 6.45) is 4.06. The van der Waals surface area contributed by atoms with Gasteiger partial charge in [-0.25, -0.2) is 0 Å². The summed E-state index contributed by atoms with van der Waals surface area (Å²) >= 11 is 1.54. The Morgan fingerprint density at radius 2 is 2.12 bits per heavy atom. The normalized spacial score (nSPS) is 18.0. The van der Waals surface area contributed by atoms with Gasteiger partial charge in [-0.15, -0.1) is 11.3 Å². The lowest BCUT2D eigenvalue weighted by molar-refractivity contribution is 0.362. The average Bonchev–Trinajstić information content (AvgIpc) is 2.80. The van der Waals surface area contributed by atoms with Gasteiger partial charge in [-0.3, -0.25) is 4.79 Å². The van der Waals surface area contributed by atoms with Crippen molar-refractivity contribution in [3.05, 3.63) is 34.1 Å². The molecule has 2 aromatic rings. The predicted molar refractivity (Wildman–Crippen MR) is 67.2 cm³/mol. The quantitative estimate of drug-likeness (QED) is 0.818. The van der Waals surface area contributed by atoms with E-state index in [1.807, 2.05) is 22.2 Å². The maximum Gasteiger partial charge on any atom is 0.268 e. The van der Waals surface area contributed by atoms with E-state index in [2.05, 4.69) is 11.4 Å². The topological polar surface area (TPSA) is 34.0 Å². The molecule has 3 nitrogen and oxygen atoms in total. The molecule has 2 aromatic heterocycles. The summed E-state index contributed by atoms with van der Waals surface area (Å²) in [5.74, 6) is 0. The molecule has 0 aliphatic carbocycles. The molecule has 84 valence electrons. The summed E-state index contributed by atoms with van der Waals surface area (Å²) in [5, 5.41) is 6.38. The third-order valence-corrected chi connectivity index (χ3v) is 4.16. The van der Waals surface area contributed by atoms with Crippen LogP contribution in [0.25, 0.3) is 10.1 Å². The minimum absolute atomic E-state index is 0.180. The lowest BCUT2D eigenvalue weighted by Crippen LogP contribution is -2.33. The zero-order chi connectivity index (χ0) is 11.0. The molecule has 0 atom stereocenters. The Morgan fingerprint density at radius 3 is 2.94 bits per heavy atom. The van der Waals surface area contributed by atoms with Crippen molar-refractivity contribution < 1.29 is 0 Å². The van der Waals surface area contributed by atoms with Crippen molar-refractivity contribution in [1.82, 2.24) is 9.88 Å². The summed E-state index contributed by atoms with van der Waals surface area (Å²) in [6, 6.07) is 4.43. The van der Waals surface area contributed by atoms with Crippen LogP contribution in [0.2, 0.25) is 0 Å². The van der Waals surface area contributed by atoms with Crippen LogP contribution in [0.3, 0.4) is 0 Å². The third-order valence-electron chi connectivity index (χ3n) is 3.24. The Hall–Kier alpha value is -1.13. The van der Waals surface area contributed by atoms with Crippen LogP contribution in [-0.2, 0) is 0 Å². The molecule has 16 heavy (non-hydrogen) atoms. The second-order valence-electron chi connectivity index (χ2n) is 4.21. The Balaban J connectivity index is 2.09. The van der Waals surface area contributed by atoms with Gasteiger partial charge in [0.15, 0.2) is 0 Å². The molecule has 3 rings (SSSR count). The highest BCUT2D eigenvalue weighted by Gasteiger charge is 2.16. The van der Waals surface area contributed by atoms with Crippen molar-refractivity contribution >= 4 is 21.4 Å². The van der Waals surface area contributed by atoms with Crippen LogP contribution in [0.4, 0.5) is 0 Å². The fraction of sp³-hybridized carbons (Fsp3) is 0.417. The first-order valence-electron chi connectivity index (χ1n) is 5.65. The molecule has 3 heterocycles. The van der Waals surface area contributed by atoms with Gasteiger partial charge >= 0.3 is 0 Å². The van der Waals surface area contributed by atoms with Crippen LogP contribution in [0.1, 0.15) is 18.9 Å². The molecule has 0 bridgehead atoms. The van der Waals surface area contributed by atoms with Crippen molar-refractivity contribution in [3.8, 4) is 0 Å². The van der Waals surface area contributed by atoms with E-state index in [9.17, 15) is 4.79 Å². The van der Waals surface area contributed by atoms with Crippen LogP contribution < -0.4 is 10.9 Å². The number of piperidine rings is 1. The Bertz CT molecular complexity index is 551. The molecule has 0 amide bonds. The molecular weight excluding hydrogens is 220 g/mol. The molecule has 1 fully saturated rings. The lowest BCUT2D eigenvalue weighted by Gasteiger charge is -2.24. The molecule has 0 aromatic carbocycles. The number of nitrogens with one attached hydrogen (secondary N) is 1. The number of pyridine rings is 1. The number of rotatable bonds is 1. The second kappa shape index (κ2) is 4.03. The molecule has 0 unspecified atom stereocenters. The number of aromatic nitrogens is 1. The molecule has 0 spiro atoms. The maximum atomic E-state index is 12.2. The first kappa shape index (κ1) is 10.1. The van der Waals surface area contributed by atoms with E-state index in [1.165, 1.54) is 0 Å². The number of thiophene rings is 1. The van der Waals surface area contributed by atoms with E-state index in [0.29, 0.717) is 6.04 Å². The van der Waals surface area contributed by atoms with E-state index in [1.54, 1.807) is 11.3 Å². The van der Waals surface area contributed by atoms with Gasteiger partial charge in [-0.05, 0) is 48.8 Å². The molecule has 1 N–H and O–H groups in total. The van der Waals surface area contributed by atoms with E-state index >= 15 is 0 Å². The van der Waals surface area contributed by atoms with Gasteiger partial charge in [0.25, 0.3) is 5.56 Å². The summed E-state index contributed by atoms with van der Waals surface area (Å²) in [4.78, 5) is 12.2. The predicted octanol–water partition coefficient (Wildman–Crippen LogP) is 1.99. The molecule has 1 saturated heterocycles. The zero-order valence-corrected chi connectivity index (χ0v) is 9.80. The van der Waals surface area contributed by atoms with Crippen LogP contribution in [-0.4, -0.2) is 17.7 Å². The van der Waals surface area contributed by atoms with Gasteiger partial charge < -0.3 is 9.88 Å². The second-order valence-corrected chi connectivity index (χ2v) is 5.13. The average molecular weight is 234 g/mol. The van der Waals surface area contributed by atoms with Crippen molar-refractivity contribution in [3.63, 3.8) is 0 Å². The highest BCUT2D eigenvalue weighted by atomic mass is 32.1. The van der Waals surface area contributed by atoms with E-state index in [0.717, 1.165) is 36.0 Å². The first-order chi connectivity index (χ1) is 7.86. The third kappa shape index (κ3) is 1.58. The highest BCUT2D eigenvalue weighted by Crippen LogP contribution is 2.20. The van der Waals surface area contributed by atoms with Crippen LogP contribution in [0.5, 0.6) is 0 Å². The first-order valence-corrected chi connectivity index (χ1v) is 6.53. The zero-order valence-electron chi connectivity index (χ0n) is 8.98. The molecular formula is C12H14N2OS. The van der Waals surface area contributed by atoms with Gasteiger partial charge in [0.1, 0.15) is 0 Å². The van der Waals surface area contributed by atoms with Crippen molar-refractivity contribution in [1.29, 1.82) is 0 Å². The Morgan fingerprint density at radius 1 is 1.31 bits per heavy atom. The van der Waals surface area contributed by atoms with Gasteiger partial charge in [0.2, 0.25) is 0 Å². The van der Waals surface area contributed by atoms with Crippen LogP contribution >= 0.6 is 11.3 Å². The maximum absolute atomic E-state index is 12.2.